The minimum absolute atomic E-state index is 0.104. The molecule has 0 fully saturated rings. The molecule has 0 atom stereocenters. The fourth-order valence-corrected chi connectivity index (χ4v) is 1.49. The van der Waals surface area contributed by atoms with Crippen molar-refractivity contribution in [3.05, 3.63) is 23.8 Å². The van der Waals surface area contributed by atoms with Crippen LogP contribution in [0.4, 0.5) is 13.2 Å². The lowest BCUT2D eigenvalue weighted by atomic mass is 10.1. The van der Waals surface area contributed by atoms with Crippen LogP contribution in [0, 0.1) is 0 Å². The second-order valence-corrected chi connectivity index (χ2v) is 3.99. The molecule has 106 valence electrons. The summed E-state index contributed by atoms with van der Waals surface area (Å²) in [4.78, 5) is 11.4. The largest absolute Gasteiger partial charge is 0.497 e. The zero-order chi connectivity index (χ0) is 14.5. The number of alkyl halides is 3. The molecule has 6 heteroatoms. The number of ether oxygens (including phenoxy) is 2. The topological polar surface area (TPSA) is 35.5 Å². The molecule has 0 aliphatic heterocycles. The summed E-state index contributed by atoms with van der Waals surface area (Å²) in [7, 11) is 1.45. The van der Waals surface area contributed by atoms with Crippen LogP contribution in [0.1, 0.15) is 30.1 Å². The number of methoxy groups -OCH3 is 1. The maximum atomic E-state index is 12.0. The van der Waals surface area contributed by atoms with E-state index >= 15 is 0 Å². The average Bonchev–Trinajstić information content (AvgIpc) is 2.33. The van der Waals surface area contributed by atoms with Crippen molar-refractivity contribution >= 4 is 5.78 Å². The maximum Gasteiger partial charge on any atom is 0.389 e. The van der Waals surface area contributed by atoms with E-state index in [4.69, 9.17) is 9.47 Å². The maximum absolute atomic E-state index is 12.0. The minimum Gasteiger partial charge on any atom is -0.497 e. The molecule has 0 saturated carbocycles. The summed E-state index contributed by atoms with van der Waals surface area (Å²) >= 11 is 0. The highest BCUT2D eigenvalue weighted by Gasteiger charge is 2.26. The summed E-state index contributed by atoms with van der Waals surface area (Å²) in [5, 5.41) is 0. The molecule has 0 aliphatic rings. The molecule has 1 rings (SSSR count). The van der Waals surface area contributed by atoms with Crippen molar-refractivity contribution in [2.75, 3.05) is 13.7 Å². The highest BCUT2D eigenvalue weighted by Crippen LogP contribution is 2.26. The summed E-state index contributed by atoms with van der Waals surface area (Å²) in [5.74, 6) is 0.512. The van der Waals surface area contributed by atoms with Crippen molar-refractivity contribution in [3.8, 4) is 11.5 Å². The third-order valence-corrected chi connectivity index (χ3v) is 2.43. The van der Waals surface area contributed by atoms with Crippen LogP contribution in [0.3, 0.4) is 0 Å². The van der Waals surface area contributed by atoms with Crippen molar-refractivity contribution in [1.29, 1.82) is 0 Å². The SMILES string of the molecule is COc1ccc(C(C)=O)c(OCCCC(F)(F)F)c1. The number of ketones is 1. The third kappa shape index (κ3) is 5.19. The van der Waals surface area contributed by atoms with Gasteiger partial charge in [-0.15, -0.1) is 0 Å². The molecule has 0 spiro atoms. The van der Waals surface area contributed by atoms with Crippen LogP contribution in [0.2, 0.25) is 0 Å². The number of halogens is 3. The second-order valence-electron chi connectivity index (χ2n) is 3.99. The zero-order valence-corrected chi connectivity index (χ0v) is 10.7. The van der Waals surface area contributed by atoms with Gasteiger partial charge in [0.25, 0.3) is 0 Å². The lowest BCUT2D eigenvalue weighted by molar-refractivity contribution is -0.136. The van der Waals surface area contributed by atoms with E-state index in [1.54, 1.807) is 6.07 Å². The summed E-state index contributed by atoms with van der Waals surface area (Å²) < 4.78 is 46.1. The Kier molecular flexibility index (Phi) is 5.20. The minimum atomic E-state index is -4.19. The Balaban J connectivity index is 2.67. The molecule has 0 bridgehead atoms. The van der Waals surface area contributed by atoms with Gasteiger partial charge in [-0.25, -0.2) is 0 Å². The second kappa shape index (κ2) is 6.45. The van der Waals surface area contributed by atoms with Crippen LogP contribution in [0.5, 0.6) is 11.5 Å². The molecular formula is C13H15F3O3. The van der Waals surface area contributed by atoms with Crippen LogP contribution in [-0.4, -0.2) is 25.7 Å². The Morgan fingerprint density at radius 3 is 2.53 bits per heavy atom. The Morgan fingerprint density at radius 1 is 1.32 bits per heavy atom. The highest BCUT2D eigenvalue weighted by atomic mass is 19.4. The molecular weight excluding hydrogens is 261 g/mol. The summed E-state index contributed by atoms with van der Waals surface area (Å²) in [6.07, 6.45) is -5.26. The number of benzene rings is 1. The fourth-order valence-electron chi connectivity index (χ4n) is 1.49. The van der Waals surface area contributed by atoms with E-state index in [1.165, 1.54) is 26.2 Å². The first-order valence-corrected chi connectivity index (χ1v) is 5.72. The Hall–Kier alpha value is -1.72. The summed E-state index contributed by atoms with van der Waals surface area (Å²) in [6.45, 7) is 1.26. The molecule has 0 heterocycles. The molecule has 0 radical (unpaired) electrons. The molecule has 0 N–H and O–H groups in total. The van der Waals surface area contributed by atoms with Gasteiger partial charge < -0.3 is 9.47 Å². The number of Topliss-reactive ketones (excluding diaryl/α,β-unsaturated/α-hetero) is 1. The molecule has 0 amide bonds. The van der Waals surface area contributed by atoms with Crippen LogP contribution in [0.15, 0.2) is 18.2 Å². The van der Waals surface area contributed by atoms with Gasteiger partial charge in [0.05, 0.1) is 19.3 Å². The highest BCUT2D eigenvalue weighted by molar-refractivity contribution is 5.97. The summed E-state index contributed by atoms with van der Waals surface area (Å²) in [6, 6.07) is 4.61. The molecule has 0 unspecified atom stereocenters. The van der Waals surface area contributed by atoms with Gasteiger partial charge in [0.15, 0.2) is 5.78 Å². The average molecular weight is 276 g/mol. The van der Waals surface area contributed by atoms with Crippen LogP contribution in [0.25, 0.3) is 0 Å². The predicted molar refractivity (Wildman–Crippen MR) is 63.8 cm³/mol. The van der Waals surface area contributed by atoms with Crippen molar-refractivity contribution < 1.29 is 27.4 Å². The zero-order valence-electron chi connectivity index (χ0n) is 10.7. The molecule has 0 aromatic heterocycles. The van der Waals surface area contributed by atoms with Crippen molar-refractivity contribution in [3.63, 3.8) is 0 Å². The van der Waals surface area contributed by atoms with E-state index in [0.29, 0.717) is 11.3 Å². The fraction of sp³-hybridized carbons (Fsp3) is 0.462. The van der Waals surface area contributed by atoms with E-state index < -0.39 is 12.6 Å². The van der Waals surface area contributed by atoms with E-state index in [-0.39, 0.29) is 24.6 Å². The van der Waals surface area contributed by atoms with Crippen LogP contribution >= 0.6 is 0 Å². The molecule has 1 aromatic carbocycles. The molecule has 1 aromatic rings. The van der Waals surface area contributed by atoms with Crippen molar-refractivity contribution in [2.45, 2.75) is 25.9 Å². The Bertz CT molecular complexity index is 441. The number of rotatable bonds is 6. The lowest BCUT2D eigenvalue weighted by Crippen LogP contribution is -2.10. The van der Waals surface area contributed by atoms with Gasteiger partial charge in [-0.2, -0.15) is 13.2 Å². The van der Waals surface area contributed by atoms with E-state index in [9.17, 15) is 18.0 Å². The normalized spacial score (nSPS) is 11.2. The quantitative estimate of drug-likeness (QED) is 0.588. The number of carbonyl (C=O) groups is 1. The van der Waals surface area contributed by atoms with Crippen LogP contribution in [-0.2, 0) is 0 Å². The smallest absolute Gasteiger partial charge is 0.389 e. The van der Waals surface area contributed by atoms with Gasteiger partial charge in [0.2, 0.25) is 0 Å². The Labute approximate surface area is 109 Å². The van der Waals surface area contributed by atoms with E-state index in [0.717, 1.165) is 0 Å². The molecule has 0 saturated heterocycles. The van der Waals surface area contributed by atoms with Crippen molar-refractivity contribution in [1.82, 2.24) is 0 Å². The molecule has 0 aliphatic carbocycles. The van der Waals surface area contributed by atoms with Gasteiger partial charge in [0, 0.05) is 12.5 Å². The van der Waals surface area contributed by atoms with E-state index in [1.807, 2.05) is 0 Å². The predicted octanol–water partition coefficient (Wildman–Crippen LogP) is 3.62. The van der Waals surface area contributed by atoms with Gasteiger partial charge in [-0.05, 0) is 25.5 Å². The monoisotopic (exact) mass is 276 g/mol. The number of hydrogen-bond acceptors (Lipinski definition) is 3. The van der Waals surface area contributed by atoms with E-state index in [2.05, 4.69) is 0 Å². The van der Waals surface area contributed by atoms with Crippen molar-refractivity contribution in [2.24, 2.45) is 0 Å². The van der Waals surface area contributed by atoms with Gasteiger partial charge >= 0.3 is 6.18 Å². The first kappa shape index (κ1) is 15.3. The van der Waals surface area contributed by atoms with Gasteiger partial charge in [-0.3, -0.25) is 4.79 Å². The molecule has 19 heavy (non-hydrogen) atoms. The number of carbonyl (C=O) groups excluding carboxylic acids is 1. The third-order valence-electron chi connectivity index (χ3n) is 2.43. The standard InChI is InChI=1S/C13H15F3O3/c1-9(17)11-5-4-10(18-2)8-12(11)19-7-3-6-13(14,15)16/h4-5,8H,3,6-7H2,1-2H3. The first-order chi connectivity index (χ1) is 8.83. The number of hydrogen-bond donors (Lipinski definition) is 0. The van der Waals surface area contributed by atoms with Crippen LogP contribution < -0.4 is 9.47 Å². The molecule has 3 nitrogen and oxygen atoms in total. The Morgan fingerprint density at radius 2 is 2.00 bits per heavy atom. The van der Waals surface area contributed by atoms with Gasteiger partial charge in [0.1, 0.15) is 11.5 Å². The summed E-state index contributed by atoms with van der Waals surface area (Å²) in [5.41, 5.74) is 0.327. The van der Waals surface area contributed by atoms with Gasteiger partial charge in [-0.1, -0.05) is 0 Å². The lowest BCUT2D eigenvalue weighted by Gasteiger charge is -2.12. The first-order valence-electron chi connectivity index (χ1n) is 5.72.